The molecule has 2 aromatic rings. The SMILES string of the molecule is [N-]=[N+]=N[C@H]1C[C@H](n2cnc3c(Cl)nc(N)nc32)O[C@@H]1CO. The highest BCUT2D eigenvalue weighted by Gasteiger charge is 2.36. The lowest BCUT2D eigenvalue weighted by Crippen LogP contribution is -2.22. The molecule has 0 amide bonds. The topological polar surface area (TPSA) is 148 Å². The van der Waals surface area contributed by atoms with Crippen molar-refractivity contribution in [2.24, 2.45) is 5.11 Å². The van der Waals surface area contributed by atoms with Gasteiger partial charge in [-0.25, -0.2) is 4.98 Å². The average Bonchev–Trinajstić information content (AvgIpc) is 3.02. The number of aliphatic hydroxyl groups excluding tert-OH is 1. The predicted octanol–water partition coefficient (Wildman–Crippen LogP) is 1.02. The van der Waals surface area contributed by atoms with Crippen LogP contribution in [0, 0.1) is 0 Å². The summed E-state index contributed by atoms with van der Waals surface area (Å²) < 4.78 is 7.31. The summed E-state index contributed by atoms with van der Waals surface area (Å²) in [6.07, 6.45) is 0.843. The highest BCUT2D eigenvalue weighted by atomic mass is 35.5. The minimum absolute atomic E-state index is 0.0255. The Labute approximate surface area is 123 Å². The molecule has 110 valence electrons. The molecule has 1 fully saturated rings. The molecule has 1 aliphatic heterocycles. The van der Waals surface area contributed by atoms with Gasteiger partial charge >= 0.3 is 0 Å². The van der Waals surface area contributed by atoms with E-state index in [2.05, 4.69) is 25.0 Å². The molecule has 0 radical (unpaired) electrons. The van der Waals surface area contributed by atoms with Gasteiger partial charge in [0.25, 0.3) is 0 Å². The van der Waals surface area contributed by atoms with Crippen LogP contribution >= 0.6 is 11.6 Å². The zero-order valence-corrected chi connectivity index (χ0v) is 11.4. The van der Waals surface area contributed by atoms with Crippen LogP contribution in [-0.2, 0) is 4.74 Å². The van der Waals surface area contributed by atoms with E-state index in [1.165, 1.54) is 6.33 Å². The lowest BCUT2D eigenvalue weighted by Gasteiger charge is -2.13. The molecule has 3 atom stereocenters. The van der Waals surface area contributed by atoms with Gasteiger partial charge in [-0.05, 0) is 5.53 Å². The Morgan fingerprint density at radius 2 is 2.43 bits per heavy atom. The van der Waals surface area contributed by atoms with E-state index < -0.39 is 18.4 Å². The number of imidazole rings is 1. The fourth-order valence-corrected chi connectivity index (χ4v) is 2.57. The lowest BCUT2D eigenvalue weighted by atomic mass is 10.1. The zero-order chi connectivity index (χ0) is 15.0. The van der Waals surface area contributed by atoms with E-state index in [1.54, 1.807) is 4.57 Å². The molecule has 0 unspecified atom stereocenters. The van der Waals surface area contributed by atoms with Gasteiger partial charge in [-0.1, -0.05) is 16.7 Å². The third-order valence-corrected chi connectivity index (χ3v) is 3.55. The maximum Gasteiger partial charge on any atom is 0.223 e. The Morgan fingerprint density at radius 3 is 3.14 bits per heavy atom. The van der Waals surface area contributed by atoms with Crippen molar-refractivity contribution in [1.82, 2.24) is 19.5 Å². The van der Waals surface area contributed by atoms with Gasteiger partial charge < -0.3 is 15.6 Å². The molecule has 10 nitrogen and oxygen atoms in total. The van der Waals surface area contributed by atoms with Crippen molar-refractivity contribution >= 4 is 28.7 Å². The van der Waals surface area contributed by atoms with Crippen molar-refractivity contribution in [2.45, 2.75) is 24.8 Å². The van der Waals surface area contributed by atoms with Crippen LogP contribution in [0.2, 0.25) is 5.15 Å². The number of halogens is 1. The first kappa shape index (κ1) is 13.8. The fourth-order valence-electron chi connectivity index (χ4n) is 2.35. The first-order chi connectivity index (χ1) is 10.1. The van der Waals surface area contributed by atoms with Gasteiger partial charge in [-0.15, -0.1) is 0 Å². The first-order valence-electron chi connectivity index (χ1n) is 6.10. The standard InChI is InChI=1S/C10H11ClN8O2/c11-8-7-9(16-10(12)15-8)19(3-14-7)6-1-4(17-18-13)5(2-20)21-6/h3-6,20H,1-2H2,(H2,12,15,16)/t4-,5+,6+/m0/s1. The summed E-state index contributed by atoms with van der Waals surface area (Å²) in [6.45, 7) is -0.245. The second kappa shape index (κ2) is 5.34. The van der Waals surface area contributed by atoms with E-state index in [-0.39, 0.29) is 17.7 Å². The van der Waals surface area contributed by atoms with E-state index in [4.69, 9.17) is 27.6 Å². The van der Waals surface area contributed by atoms with Crippen LogP contribution in [0.4, 0.5) is 5.95 Å². The highest BCUT2D eigenvalue weighted by Crippen LogP contribution is 2.33. The summed E-state index contributed by atoms with van der Waals surface area (Å²) >= 11 is 5.96. The molecular formula is C10H11ClN8O2. The van der Waals surface area contributed by atoms with Crippen LogP contribution < -0.4 is 5.73 Å². The number of fused-ring (bicyclic) bond motifs is 1. The molecule has 0 aromatic carbocycles. The summed E-state index contributed by atoms with van der Waals surface area (Å²) in [7, 11) is 0. The summed E-state index contributed by atoms with van der Waals surface area (Å²) in [6, 6.07) is -0.461. The maximum atomic E-state index is 9.28. The largest absolute Gasteiger partial charge is 0.394 e. The number of anilines is 1. The quantitative estimate of drug-likeness (QED) is 0.374. The lowest BCUT2D eigenvalue weighted by molar-refractivity contribution is -0.0232. The van der Waals surface area contributed by atoms with E-state index >= 15 is 0 Å². The number of nitrogens with zero attached hydrogens (tertiary/aromatic N) is 7. The minimum atomic E-state index is -0.571. The molecule has 1 aliphatic rings. The van der Waals surface area contributed by atoms with Crippen LogP contribution in [0.15, 0.2) is 11.4 Å². The molecule has 11 heteroatoms. The number of aliphatic hydroxyl groups is 1. The van der Waals surface area contributed by atoms with Crippen molar-refractivity contribution in [3.05, 3.63) is 21.9 Å². The average molecular weight is 311 g/mol. The molecule has 3 heterocycles. The number of hydrogen-bond acceptors (Lipinski definition) is 7. The number of nitrogen functional groups attached to an aromatic ring is 1. The van der Waals surface area contributed by atoms with Crippen LogP contribution in [0.3, 0.4) is 0 Å². The number of ether oxygens (including phenoxy) is 1. The van der Waals surface area contributed by atoms with Crippen LogP contribution in [0.25, 0.3) is 21.6 Å². The van der Waals surface area contributed by atoms with Crippen molar-refractivity contribution in [3.8, 4) is 0 Å². The summed E-state index contributed by atoms with van der Waals surface area (Å²) in [5.74, 6) is 0.0255. The highest BCUT2D eigenvalue weighted by molar-refractivity contribution is 6.33. The van der Waals surface area contributed by atoms with Crippen LogP contribution in [-0.4, -0.2) is 43.4 Å². The molecular weight excluding hydrogens is 300 g/mol. The van der Waals surface area contributed by atoms with Gasteiger partial charge in [0.05, 0.1) is 25.1 Å². The van der Waals surface area contributed by atoms with Gasteiger partial charge in [-0.2, -0.15) is 9.97 Å². The molecule has 3 N–H and O–H groups in total. The van der Waals surface area contributed by atoms with Gasteiger partial charge in [0.2, 0.25) is 5.95 Å². The number of azide groups is 1. The fraction of sp³-hybridized carbons (Fsp3) is 0.500. The Hall–Kier alpha value is -2.13. The van der Waals surface area contributed by atoms with Crippen LogP contribution in [0.5, 0.6) is 0 Å². The van der Waals surface area contributed by atoms with Gasteiger partial charge in [-0.3, -0.25) is 4.57 Å². The molecule has 0 spiro atoms. The molecule has 0 bridgehead atoms. The van der Waals surface area contributed by atoms with Gasteiger partial charge in [0.1, 0.15) is 11.7 Å². The Morgan fingerprint density at radius 1 is 1.62 bits per heavy atom. The molecule has 0 aliphatic carbocycles. The molecule has 21 heavy (non-hydrogen) atoms. The maximum absolute atomic E-state index is 9.28. The minimum Gasteiger partial charge on any atom is -0.394 e. The molecule has 0 saturated carbocycles. The van der Waals surface area contributed by atoms with E-state index in [1.807, 2.05) is 0 Å². The van der Waals surface area contributed by atoms with Crippen molar-refractivity contribution < 1.29 is 9.84 Å². The summed E-state index contributed by atoms with van der Waals surface area (Å²) in [5.41, 5.74) is 15.0. The number of rotatable bonds is 3. The van der Waals surface area contributed by atoms with Crippen molar-refractivity contribution in [1.29, 1.82) is 0 Å². The Kier molecular flexibility index (Phi) is 3.52. The first-order valence-corrected chi connectivity index (χ1v) is 6.48. The van der Waals surface area contributed by atoms with Crippen molar-refractivity contribution in [2.75, 3.05) is 12.3 Å². The van der Waals surface area contributed by atoms with Crippen molar-refractivity contribution in [3.63, 3.8) is 0 Å². The third kappa shape index (κ3) is 2.34. The predicted molar refractivity (Wildman–Crippen MR) is 73.3 cm³/mol. The van der Waals surface area contributed by atoms with E-state index in [0.717, 1.165) is 0 Å². The smallest absolute Gasteiger partial charge is 0.223 e. The van der Waals surface area contributed by atoms with Gasteiger partial charge in [0, 0.05) is 11.3 Å². The molecule has 2 aromatic heterocycles. The second-order valence-electron chi connectivity index (χ2n) is 4.52. The summed E-state index contributed by atoms with van der Waals surface area (Å²) in [5, 5.41) is 13.1. The second-order valence-corrected chi connectivity index (χ2v) is 4.87. The zero-order valence-electron chi connectivity index (χ0n) is 10.7. The monoisotopic (exact) mass is 310 g/mol. The Bertz CT molecular complexity index is 727. The summed E-state index contributed by atoms with van der Waals surface area (Å²) in [4.78, 5) is 14.8. The van der Waals surface area contributed by atoms with Gasteiger partial charge in [0.15, 0.2) is 10.8 Å². The number of hydrogen-bond donors (Lipinski definition) is 2. The van der Waals surface area contributed by atoms with E-state index in [0.29, 0.717) is 17.6 Å². The normalized spacial score (nSPS) is 25.1. The Balaban J connectivity index is 2.00. The third-order valence-electron chi connectivity index (χ3n) is 3.29. The molecule has 1 saturated heterocycles. The molecule has 3 rings (SSSR count). The van der Waals surface area contributed by atoms with E-state index in [9.17, 15) is 5.11 Å². The number of nitrogens with two attached hydrogens (primary N) is 1. The number of aromatic nitrogens is 4. The van der Waals surface area contributed by atoms with Crippen LogP contribution in [0.1, 0.15) is 12.6 Å².